The molecule has 11 heteroatoms. The Morgan fingerprint density at radius 3 is 2.63 bits per heavy atom. The summed E-state index contributed by atoms with van der Waals surface area (Å²) in [7, 11) is 0. The molecule has 0 spiro atoms. The number of amides is 1. The molecular weight excluding hydrogens is 404 g/mol. The summed E-state index contributed by atoms with van der Waals surface area (Å²) in [5.74, 6) is 4.55. The van der Waals surface area contributed by atoms with Crippen LogP contribution in [0.15, 0.2) is 41.9 Å². The zero-order valence-corrected chi connectivity index (χ0v) is 16.2. The number of nitrogens with two attached hydrogens (primary N) is 2. The summed E-state index contributed by atoms with van der Waals surface area (Å²) in [6.07, 6.45) is -3.16. The van der Waals surface area contributed by atoms with Gasteiger partial charge in [-0.25, -0.2) is 20.2 Å². The zero-order valence-electron chi connectivity index (χ0n) is 16.2. The largest absolute Gasteiger partial charge is 0.419 e. The van der Waals surface area contributed by atoms with E-state index in [1.807, 2.05) is 0 Å². The number of nitrogens with zero attached hydrogens (tertiary/aromatic N) is 4. The van der Waals surface area contributed by atoms with E-state index in [1.54, 1.807) is 19.9 Å². The summed E-state index contributed by atoms with van der Waals surface area (Å²) >= 11 is 0. The van der Waals surface area contributed by atoms with Crippen molar-refractivity contribution in [2.45, 2.75) is 32.5 Å². The third kappa shape index (κ3) is 3.92. The fraction of sp³-hybridized carbons (Fsp3) is 0.316. The molecule has 1 aromatic heterocycles. The molecule has 1 aromatic carbocycles. The van der Waals surface area contributed by atoms with Gasteiger partial charge in [-0.3, -0.25) is 9.80 Å². The van der Waals surface area contributed by atoms with Gasteiger partial charge in [-0.05, 0) is 26.0 Å². The van der Waals surface area contributed by atoms with Crippen LogP contribution in [0.1, 0.15) is 35.1 Å². The van der Waals surface area contributed by atoms with E-state index in [2.05, 4.69) is 9.97 Å². The number of hydrogen-bond donors (Lipinski definition) is 2. The lowest BCUT2D eigenvalue weighted by atomic mass is 10.0. The van der Waals surface area contributed by atoms with Crippen molar-refractivity contribution in [3.8, 4) is 0 Å². The third-order valence-electron chi connectivity index (χ3n) is 4.93. The van der Waals surface area contributed by atoms with Crippen molar-refractivity contribution < 1.29 is 22.4 Å². The minimum atomic E-state index is -4.91. The van der Waals surface area contributed by atoms with Crippen molar-refractivity contribution >= 4 is 11.7 Å². The smallest absolute Gasteiger partial charge is 0.399 e. The molecule has 1 aliphatic rings. The topological polar surface area (TPSA) is 101 Å². The summed E-state index contributed by atoms with van der Waals surface area (Å²) in [5.41, 5.74) is 4.78. The van der Waals surface area contributed by atoms with Crippen molar-refractivity contribution in [3.05, 3.63) is 64.6 Å². The Hall–Kier alpha value is -3.21. The molecule has 1 amide bonds. The lowest BCUT2D eigenvalue weighted by Crippen LogP contribution is -2.49. The number of carbonyl (C=O) groups excluding carboxylic acids is 1. The molecule has 0 saturated carbocycles. The molecule has 0 aliphatic carbocycles. The molecule has 1 unspecified atom stereocenters. The van der Waals surface area contributed by atoms with E-state index in [4.69, 9.17) is 11.6 Å². The van der Waals surface area contributed by atoms with Gasteiger partial charge in [-0.15, -0.1) is 0 Å². The van der Waals surface area contributed by atoms with Crippen LogP contribution in [0, 0.1) is 12.7 Å². The van der Waals surface area contributed by atoms with Gasteiger partial charge in [0.05, 0.1) is 28.6 Å². The van der Waals surface area contributed by atoms with Crippen LogP contribution in [0.2, 0.25) is 0 Å². The monoisotopic (exact) mass is 424 g/mol. The average molecular weight is 424 g/mol. The van der Waals surface area contributed by atoms with Crippen LogP contribution in [0.5, 0.6) is 0 Å². The van der Waals surface area contributed by atoms with Gasteiger partial charge in [0.2, 0.25) is 0 Å². The lowest BCUT2D eigenvalue weighted by molar-refractivity contribution is -0.140. The van der Waals surface area contributed by atoms with Crippen molar-refractivity contribution in [1.29, 1.82) is 0 Å². The van der Waals surface area contributed by atoms with E-state index >= 15 is 0 Å². The Morgan fingerprint density at radius 2 is 2.00 bits per heavy atom. The number of aromatic nitrogens is 2. The molecular formula is C19H20F4N6O. The number of hydrogen-bond acceptors (Lipinski definition) is 6. The van der Waals surface area contributed by atoms with Crippen LogP contribution >= 0.6 is 0 Å². The normalized spacial score (nSPS) is 17.3. The standard InChI is InChI=1S/C19H20F4N6O/c1-10-17(24)14(29(25)15-6-8-26-11(2)27-15)7-9-28(10)18(30)12-4-3-5-13(16(12)20)19(21,22)23/h3-6,8,10H,7,9,24-25H2,1-2H3. The first kappa shape index (κ1) is 21.5. The Bertz CT molecular complexity index is 1010. The van der Waals surface area contributed by atoms with E-state index in [9.17, 15) is 22.4 Å². The fourth-order valence-electron chi connectivity index (χ4n) is 3.30. The summed E-state index contributed by atoms with van der Waals surface area (Å²) in [6, 6.07) is 3.48. The Labute approximate surface area is 170 Å². The number of carbonyl (C=O) groups is 1. The number of alkyl halides is 3. The number of anilines is 1. The number of rotatable bonds is 3. The predicted octanol–water partition coefficient (Wildman–Crippen LogP) is 2.73. The molecule has 0 saturated heterocycles. The minimum Gasteiger partial charge on any atom is -0.399 e. The van der Waals surface area contributed by atoms with Crippen LogP contribution in [-0.2, 0) is 6.18 Å². The molecule has 4 N–H and O–H groups in total. The van der Waals surface area contributed by atoms with Gasteiger partial charge in [0.25, 0.3) is 5.91 Å². The third-order valence-corrected chi connectivity index (χ3v) is 4.93. The first-order valence-corrected chi connectivity index (χ1v) is 9.02. The van der Waals surface area contributed by atoms with Crippen LogP contribution in [0.3, 0.4) is 0 Å². The second-order valence-electron chi connectivity index (χ2n) is 6.82. The minimum absolute atomic E-state index is 0.0868. The molecule has 160 valence electrons. The maximum Gasteiger partial charge on any atom is 0.419 e. The Kier molecular flexibility index (Phi) is 5.66. The summed E-state index contributed by atoms with van der Waals surface area (Å²) in [6.45, 7) is 3.38. The molecule has 30 heavy (non-hydrogen) atoms. The molecule has 1 atom stereocenters. The molecule has 3 rings (SSSR count). The van der Waals surface area contributed by atoms with Gasteiger partial charge in [-0.1, -0.05) is 6.07 Å². The lowest BCUT2D eigenvalue weighted by Gasteiger charge is -2.37. The van der Waals surface area contributed by atoms with Gasteiger partial charge in [-0.2, -0.15) is 13.2 Å². The van der Waals surface area contributed by atoms with E-state index in [0.29, 0.717) is 23.4 Å². The average Bonchev–Trinajstić information content (AvgIpc) is 2.68. The van der Waals surface area contributed by atoms with Crippen LogP contribution in [0.4, 0.5) is 23.4 Å². The second kappa shape index (κ2) is 7.90. The molecule has 0 bridgehead atoms. The van der Waals surface area contributed by atoms with Crippen LogP contribution in [0.25, 0.3) is 0 Å². The molecule has 2 heterocycles. The fourth-order valence-corrected chi connectivity index (χ4v) is 3.30. The quantitative estimate of drug-likeness (QED) is 0.446. The molecule has 7 nitrogen and oxygen atoms in total. The SMILES string of the molecule is Cc1nccc(N(N)C2=C(N)C(C)N(C(=O)c3cccc(C(F)(F)F)c3F)CC2)n1. The van der Waals surface area contributed by atoms with Gasteiger partial charge >= 0.3 is 6.18 Å². The highest BCUT2D eigenvalue weighted by Gasteiger charge is 2.38. The van der Waals surface area contributed by atoms with Gasteiger partial charge in [0, 0.05) is 25.2 Å². The summed E-state index contributed by atoms with van der Waals surface area (Å²) < 4.78 is 53.4. The highest BCUT2D eigenvalue weighted by atomic mass is 19.4. The summed E-state index contributed by atoms with van der Waals surface area (Å²) in [5, 5.41) is 1.28. The molecule has 2 aromatic rings. The molecule has 0 radical (unpaired) electrons. The first-order valence-electron chi connectivity index (χ1n) is 9.02. The summed E-state index contributed by atoms with van der Waals surface area (Å²) in [4.78, 5) is 22.3. The number of aryl methyl sites for hydroxylation is 1. The van der Waals surface area contributed by atoms with Gasteiger partial charge < -0.3 is 10.6 Å². The maximum atomic E-state index is 14.4. The Balaban J connectivity index is 1.90. The predicted molar refractivity (Wildman–Crippen MR) is 101 cm³/mol. The Morgan fingerprint density at radius 1 is 1.30 bits per heavy atom. The number of hydrazine groups is 1. The molecule has 1 aliphatic heterocycles. The van der Waals surface area contributed by atoms with Crippen molar-refractivity contribution in [1.82, 2.24) is 14.9 Å². The van der Waals surface area contributed by atoms with Gasteiger partial charge in [0.15, 0.2) is 5.82 Å². The van der Waals surface area contributed by atoms with E-state index in [1.165, 1.54) is 16.1 Å². The van der Waals surface area contributed by atoms with E-state index < -0.39 is 35.1 Å². The van der Waals surface area contributed by atoms with Gasteiger partial charge in [0.1, 0.15) is 11.6 Å². The van der Waals surface area contributed by atoms with E-state index in [-0.39, 0.29) is 18.7 Å². The first-order chi connectivity index (χ1) is 14.0. The second-order valence-corrected chi connectivity index (χ2v) is 6.82. The van der Waals surface area contributed by atoms with Crippen LogP contribution < -0.4 is 16.6 Å². The molecule has 0 fully saturated rings. The number of benzene rings is 1. The maximum absolute atomic E-state index is 14.4. The highest BCUT2D eigenvalue weighted by molar-refractivity contribution is 5.95. The van der Waals surface area contributed by atoms with Crippen molar-refractivity contribution in [3.63, 3.8) is 0 Å². The highest BCUT2D eigenvalue weighted by Crippen LogP contribution is 2.33. The van der Waals surface area contributed by atoms with E-state index in [0.717, 1.165) is 12.1 Å². The number of halogens is 4. The van der Waals surface area contributed by atoms with Crippen molar-refractivity contribution in [2.75, 3.05) is 11.6 Å². The zero-order chi connectivity index (χ0) is 22.2. The van der Waals surface area contributed by atoms with Crippen LogP contribution in [-0.4, -0.2) is 33.4 Å². The van der Waals surface area contributed by atoms with Crippen molar-refractivity contribution in [2.24, 2.45) is 11.6 Å².